The van der Waals surface area contributed by atoms with Gasteiger partial charge in [-0.15, -0.1) is 0 Å². The number of amides is 2. The Balaban J connectivity index is 1.38. The molecule has 2 aliphatic rings. The molecule has 2 N–H and O–H groups in total. The molecule has 1 saturated heterocycles. The second-order valence-electron chi connectivity index (χ2n) is 7.36. The van der Waals surface area contributed by atoms with Crippen LogP contribution in [-0.4, -0.2) is 38.1 Å². The van der Waals surface area contributed by atoms with Crippen LogP contribution in [0.1, 0.15) is 12.0 Å². The van der Waals surface area contributed by atoms with Gasteiger partial charge in [-0.1, -0.05) is 30.3 Å². The average molecular weight is 379 g/mol. The predicted molar refractivity (Wildman–Crippen MR) is 110 cm³/mol. The summed E-state index contributed by atoms with van der Waals surface area (Å²) in [4.78, 5) is 27.4. The Morgan fingerprint density at radius 1 is 0.893 bits per heavy atom. The van der Waals surface area contributed by atoms with Crippen molar-refractivity contribution >= 4 is 28.9 Å². The van der Waals surface area contributed by atoms with Crippen molar-refractivity contribution in [3.63, 3.8) is 0 Å². The summed E-state index contributed by atoms with van der Waals surface area (Å²) in [6.07, 6.45) is 0.587. The van der Waals surface area contributed by atoms with Gasteiger partial charge in [-0.2, -0.15) is 0 Å². The molecule has 146 valence electrons. The van der Waals surface area contributed by atoms with Gasteiger partial charge in [-0.25, -0.2) is 0 Å². The van der Waals surface area contributed by atoms with E-state index in [0.29, 0.717) is 19.6 Å². The maximum absolute atomic E-state index is 12.7. The molecule has 1 heterocycles. The fourth-order valence-corrected chi connectivity index (χ4v) is 3.60. The molecule has 0 radical (unpaired) electrons. The summed E-state index contributed by atoms with van der Waals surface area (Å²) in [6.45, 7) is 4.93. The van der Waals surface area contributed by atoms with Crippen LogP contribution in [0.3, 0.4) is 0 Å². The topological polar surface area (TPSA) is 70.7 Å². The number of aryl methyl sites for hydroxylation is 1. The largest absolute Gasteiger partial charge is 0.378 e. The second-order valence-corrected chi connectivity index (χ2v) is 7.36. The van der Waals surface area contributed by atoms with E-state index in [1.165, 1.54) is 0 Å². The van der Waals surface area contributed by atoms with E-state index < -0.39 is 0 Å². The lowest BCUT2D eigenvalue weighted by Gasteiger charge is -2.30. The summed E-state index contributed by atoms with van der Waals surface area (Å²) in [5.41, 5.74) is 3.60. The Hall–Kier alpha value is -2.86. The van der Waals surface area contributed by atoms with Crippen LogP contribution < -0.4 is 15.5 Å². The highest BCUT2D eigenvalue weighted by Crippen LogP contribution is 2.41. The highest BCUT2D eigenvalue weighted by Gasteiger charge is 2.48. The highest BCUT2D eigenvalue weighted by atomic mass is 16.5. The van der Waals surface area contributed by atoms with E-state index >= 15 is 0 Å². The number of benzene rings is 2. The molecular formula is C22H25N3O3. The smallest absolute Gasteiger partial charge is 0.228 e. The van der Waals surface area contributed by atoms with Crippen LogP contribution in [0.4, 0.5) is 17.1 Å². The summed E-state index contributed by atoms with van der Waals surface area (Å²) >= 11 is 0. The van der Waals surface area contributed by atoms with Gasteiger partial charge in [0.05, 0.1) is 36.4 Å². The van der Waals surface area contributed by atoms with Crippen molar-refractivity contribution in [3.05, 3.63) is 54.1 Å². The second kappa shape index (κ2) is 8.02. The zero-order valence-corrected chi connectivity index (χ0v) is 16.0. The minimum atomic E-state index is -0.276. The van der Waals surface area contributed by atoms with E-state index in [4.69, 9.17) is 4.74 Å². The minimum Gasteiger partial charge on any atom is -0.378 e. The minimum absolute atomic E-state index is 0.0871. The molecule has 1 aliphatic carbocycles. The number of hydrogen-bond donors (Lipinski definition) is 2. The van der Waals surface area contributed by atoms with Crippen molar-refractivity contribution in [2.75, 3.05) is 41.8 Å². The van der Waals surface area contributed by atoms with Gasteiger partial charge in [0.25, 0.3) is 0 Å². The van der Waals surface area contributed by atoms with Gasteiger partial charge in [-0.3, -0.25) is 9.59 Å². The Kier molecular flexibility index (Phi) is 5.30. The van der Waals surface area contributed by atoms with E-state index in [1.54, 1.807) is 0 Å². The number of morpholine rings is 1. The first-order chi connectivity index (χ1) is 13.6. The lowest BCUT2D eigenvalue weighted by Crippen LogP contribution is -2.36. The predicted octanol–water partition coefficient (Wildman–Crippen LogP) is 3.04. The third-order valence-corrected chi connectivity index (χ3v) is 5.38. The Morgan fingerprint density at radius 2 is 1.46 bits per heavy atom. The molecule has 0 bridgehead atoms. The number of rotatable bonds is 5. The summed E-state index contributed by atoms with van der Waals surface area (Å²) < 4.78 is 5.41. The molecule has 1 saturated carbocycles. The number of para-hydroxylation sites is 3. The summed E-state index contributed by atoms with van der Waals surface area (Å²) in [5.74, 6) is -0.724. The van der Waals surface area contributed by atoms with Crippen LogP contribution in [0, 0.1) is 18.8 Å². The number of nitrogens with one attached hydrogen (secondary N) is 2. The van der Waals surface area contributed by atoms with Crippen LogP contribution in [0.2, 0.25) is 0 Å². The van der Waals surface area contributed by atoms with Crippen molar-refractivity contribution in [2.45, 2.75) is 13.3 Å². The van der Waals surface area contributed by atoms with E-state index in [-0.39, 0.29) is 23.7 Å². The molecule has 0 spiro atoms. The average Bonchev–Trinajstić information content (AvgIpc) is 3.52. The summed E-state index contributed by atoms with van der Waals surface area (Å²) in [5, 5.41) is 5.97. The van der Waals surface area contributed by atoms with Gasteiger partial charge in [0, 0.05) is 18.8 Å². The van der Waals surface area contributed by atoms with E-state index in [2.05, 4.69) is 15.5 Å². The molecule has 2 fully saturated rings. The highest BCUT2D eigenvalue weighted by molar-refractivity contribution is 6.04. The van der Waals surface area contributed by atoms with Gasteiger partial charge in [0.15, 0.2) is 0 Å². The quantitative estimate of drug-likeness (QED) is 0.838. The van der Waals surface area contributed by atoms with Crippen LogP contribution in [-0.2, 0) is 14.3 Å². The van der Waals surface area contributed by atoms with Crippen LogP contribution in [0.25, 0.3) is 0 Å². The molecule has 1 aliphatic heterocycles. The lowest BCUT2D eigenvalue weighted by atomic mass is 10.2. The van der Waals surface area contributed by atoms with Gasteiger partial charge >= 0.3 is 0 Å². The fraction of sp³-hybridized carbons (Fsp3) is 0.364. The van der Waals surface area contributed by atoms with Crippen LogP contribution in [0.15, 0.2) is 48.5 Å². The standard InChI is InChI=1S/C22H25N3O3/c1-15-6-2-3-7-18(15)23-21(26)16-14-17(16)22(27)24-19-8-4-5-9-20(19)25-10-12-28-13-11-25/h2-9,16-17H,10-14H2,1H3,(H,23,26)(H,24,27). The fourth-order valence-electron chi connectivity index (χ4n) is 3.60. The molecule has 6 heteroatoms. The van der Waals surface area contributed by atoms with Crippen LogP contribution in [0.5, 0.6) is 0 Å². The molecular weight excluding hydrogens is 354 g/mol. The molecule has 4 rings (SSSR count). The van der Waals surface area contributed by atoms with Crippen molar-refractivity contribution < 1.29 is 14.3 Å². The maximum Gasteiger partial charge on any atom is 0.228 e. The number of carbonyl (C=O) groups is 2. The zero-order valence-electron chi connectivity index (χ0n) is 16.0. The molecule has 2 atom stereocenters. The van der Waals surface area contributed by atoms with E-state index in [1.807, 2.05) is 55.5 Å². The normalized spacial score (nSPS) is 21.1. The number of ether oxygens (including phenoxy) is 1. The first-order valence-corrected chi connectivity index (χ1v) is 9.72. The molecule has 0 aromatic heterocycles. The molecule has 2 aromatic rings. The van der Waals surface area contributed by atoms with Gasteiger partial charge in [0.2, 0.25) is 11.8 Å². The Labute approximate surface area is 164 Å². The van der Waals surface area contributed by atoms with Gasteiger partial charge < -0.3 is 20.3 Å². The number of hydrogen-bond acceptors (Lipinski definition) is 4. The monoisotopic (exact) mass is 379 g/mol. The van der Waals surface area contributed by atoms with E-state index in [9.17, 15) is 9.59 Å². The van der Waals surface area contributed by atoms with E-state index in [0.717, 1.165) is 35.7 Å². The van der Waals surface area contributed by atoms with Crippen molar-refractivity contribution in [1.82, 2.24) is 0 Å². The van der Waals surface area contributed by atoms with Crippen molar-refractivity contribution in [3.8, 4) is 0 Å². The zero-order chi connectivity index (χ0) is 19.5. The SMILES string of the molecule is Cc1ccccc1NC(=O)C1CC1C(=O)Nc1ccccc1N1CCOCC1. The first kappa shape index (κ1) is 18.5. The van der Waals surface area contributed by atoms with Crippen LogP contribution >= 0.6 is 0 Å². The molecule has 2 amide bonds. The Morgan fingerprint density at radius 3 is 2.14 bits per heavy atom. The van der Waals surface area contributed by atoms with Gasteiger partial charge in [-0.05, 0) is 37.1 Å². The number of anilines is 3. The Bertz CT molecular complexity index is 877. The van der Waals surface area contributed by atoms with Crippen molar-refractivity contribution in [2.24, 2.45) is 11.8 Å². The lowest BCUT2D eigenvalue weighted by molar-refractivity contribution is -0.122. The summed E-state index contributed by atoms with van der Waals surface area (Å²) in [7, 11) is 0. The number of carbonyl (C=O) groups excluding carboxylic acids is 2. The molecule has 6 nitrogen and oxygen atoms in total. The van der Waals surface area contributed by atoms with Gasteiger partial charge in [0.1, 0.15) is 0 Å². The summed E-state index contributed by atoms with van der Waals surface area (Å²) in [6, 6.07) is 15.5. The van der Waals surface area contributed by atoms with Crippen molar-refractivity contribution in [1.29, 1.82) is 0 Å². The third-order valence-electron chi connectivity index (χ3n) is 5.38. The molecule has 2 aromatic carbocycles. The molecule has 2 unspecified atom stereocenters. The first-order valence-electron chi connectivity index (χ1n) is 9.72. The molecule has 28 heavy (non-hydrogen) atoms. The maximum atomic E-state index is 12.7. The number of nitrogens with zero attached hydrogens (tertiary/aromatic N) is 1. The third kappa shape index (κ3) is 4.02.